The van der Waals surface area contributed by atoms with E-state index in [2.05, 4.69) is 15.9 Å². The molecule has 6 nitrogen and oxygen atoms in total. The van der Waals surface area contributed by atoms with Crippen LogP contribution < -0.4 is 4.74 Å². The van der Waals surface area contributed by atoms with Crippen LogP contribution in [-0.4, -0.2) is 16.0 Å². The smallest absolute Gasteiger partial charge is 0.335 e. The normalized spacial score (nSPS) is 10.2. The number of hydrogen-bond acceptors (Lipinski definition) is 4. The van der Waals surface area contributed by atoms with Crippen LogP contribution in [0.4, 0.5) is 5.69 Å². The van der Waals surface area contributed by atoms with Crippen molar-refractivity contribution >= 4 is 27.6 Å². The number of nitrogens with zero attached hydrogens (tertiary/aromatic N) is 1. The molecule has 2 rings (SSSR count). The van der Waals surface area contributed by atoms with Crippen molar-refractivity contribution in [3.63, 3.8) is 0 Å². The highest BCUT2D eigenvalue weighted by molar-refractivity contribution is 9.10. The Morgan fingerprint density at radius 3 is 2.52 bits per heavy atom. The molecule has 0 heterocycles. The summed E-state index contributed by atoms with van der Waals surface area (Å²) in [6.45, 7) is 1.67. The number of carbonyl (C=O) groups is 1. The molecule has 0 aliphatic rings. The first kappa shape index (κ1) is 15.0. The third-order valence-electron chi connectivity index (χ3n) is 2.76. The molecule has 0 fully saturated rings. The third-order valence-corrected chi connectivity index (χ3v) is 3.25. The van der Waals surface area contributed by atoms with Crippen LogP contribution in [0.15, 0.2) is 40.9 Å². The fraction of sp³-hybridized carbons (Fsp3) is 0.0714. The lowest BCUT2D eigenvalue weighted by Crippen LogP contribution is -1.98. The van der Waals surface area contributed by atoms with Crippen LogP contribution in [0.1, 0.15) is 15.9 Å². The van der Waals surface area contributed by atoms with Gasteiger partial charge in [-0.2, -0.15) is 0 Å². The summed E-state index contributed by atoms with van der Waals surface area (Å²) in [7, 11) is 0. The number of benzene rings is 2. The number of aryl methyl sites for hydroxylation is 1. The molecule has 0 unspecified atom stereocenters. The van der Waals surface area contributed by atoms with Gasteiger partial charge in [-0.05, 0) is 36.8 Å². The van der Waals surface area contributed by atoms with E-state index in [0.29, 0.717) is 15.8 Å². The van der Waals surface area contributed by atoms with E-state index in [9.17, 15) is 14.9 Å². The Morgan fingerprint density at radius 1 is 1.24 bits per heavy atom. The average Bonchev–Trinajstić information content (AvgIpc) is 2.40. The maximum atomic E-state index is 11.0. The quantitative estimate of drug-likeness (QED) is 0.659. The van der Waals surface area contributed by atoms with Crippen LogP contribution in [0.2, 0.25) is 0 Å². The first-order valence-electron chi connectivity index (χ1n) is 5.84. The predicted octanol–water partition coefficient (Wildman–Crippen LogP) is 4.16. The van der Waals surface area contributed by atoms with Crippen LogP contribution in [0.3, 0.4) is 0 Å². The lowest BCUT2D eigenvalue weighted by molar-refractivity contribution is -0.385. The van der Waals surface area contributed by atoms with Gasteiger partial charge >= 0.3 is 11.7 Å². The molecule has 0 spiro atoms. The number of ether oxygens (including phenoxy) is 1. The van der Waals surface area contributed by atoms with Crippen LogP contribution in [0.5, 0.6) is 11.5 Å². The summed E-state index contributed by atoms with van der Waals surface area (Å²) in [5.74, 6) is -0.597. The Bertz CT molecular complexity index is 729. The van der Waals surface area contributed by atoms with Gasteiger partial charge in [0, 0.05) is 16.6 Å². The van der Waals surface area contributed by atoms with E-state index in [1.807, 2.05) is 0 Å². The summed E-state index contributed by atoms with van der Waals surface area (Å²) >= 11 is 3.23. The molecule has 1 N–H and O–H groups in total. The van der Waals surface area contributed by atoms with Crippen molar-refractivity contribution in [1.29, 1.82) is 0 Å². The second-order valence-corrected chi connectivity index (χ2v) is 5.17. The number of nitro groups is 1. The van der Waals surface area contributed by atoms with Crippen molar-refractivity contribution in [3.8, 4) is 11.5 Å². The number of halogens is 1. The molecule has 7 heteroatoms. The highest BCUT2D eigenvalue weighted by Crippen LogP contribution is 2.35. The first-order chi connectivity index (χ1) is 9.88. The minimum absolute atomic E-state index is 0.0838. The van der Waals surface area contributed by atoms with Gasteiger partial charge in [0.15, 0.2) is 0 Å². The largest absolute Gasteiger partial charge is 0.478 e. The second kappa shape index (κ2) is 5.92. The van der Waals surface area contributed by atoms with Crippen LogP contribution in [0, 0.1) is 17.0 Å². The van der Waals surface area contributed by atoms with Gasteiger partial charge in [-0.15, -0.1) is 0 Å². The minimum atomic E-state index is -1.04. The van der Waals surface area contributed by atoms with E-state index in [-0.39, 0.29) is 17.0 Å². The van der Waals surface area contributed by atoms with Crippen molar-refractivity contribution in [1.82, 2.24) is 0 Å². The fourth-order valence-corrected chi connectivity index (χ4v) is 2.08. The van der Waals surface area contributed by atoms with Crippen molar-refractivity contribution in [2.45, 2.75) is 6.92 Å². The third kappa shape index (κ3) is 3.38. The van der Waals surface area contributed by atoms with Gasteiger partial charge in [0.05, 0.1) is 10.5 Å². The van der Waals surface area contributed by atoms with Crippen LogP contribution >= 0.6 is 15.9 Å². The molecule has 0 atom stereocenters. The molecule has 0 saturated heterocycles. The van der Waals surface area contributed by atoms with Gasteiger partial charge < -0.3 is 9.84 Å². The second-order valence-electron chi connectivity index (χ2n) is 4.26. The lowest BCUT2D eigenvalue weighted by Gasteiger charge is -2.10. The number of nitro benzene ring substituents is 1. The summed E-state index contributed by atoms with van der Waals surface area (Å²) < 4.78 is 6.19. The Morgan fingerprint density at radius 2 is 1.95 bits per heavy atom. The van der Waals surface area contributed by atoms with E-state index in [1.165, 1.54) is 30.3 Å². The molecule has 0 radical (unpaired) electrons. The van der Waals surface area contributed by atoms with Crippen LogP contribution in [0.25, 0.3) is 0 Å². The summed E-state index contributed by atoms with van der Waals surface area (Å²) in [6, 6.07) is 8.67. The van der Waals surface area contributed by atoms with Gasteiger partial charge in [-0.1, -0.05) is 15.9 Å². The zero-order valence-corrected chi connectivity index (χ0v) is 12.5. The highest BCUT2D eigenvalue weighted by Gasteiger charge is 2.17. The predicted molar refractivity (Wildman–Crippen MR) is 79.0 cm³/mol. The van der Waals surface area contributed by atoms with E-state index in [1.54, 1.807) is 13.0 Å². The van der Waals surface area contributed by atoms with Crippen molar-refractivity contribution in [2.75, 3.05) is 0 Å². The summed E-state index contributed by atoms with van der Waals surface area (Å²) in [5, 5.41) is 19.9. The Kier molecular flexibility index (Phi) is 4.23. The molecule has 21 heavy (non-hydrogen) atoms. The number of rotatable bonds is 4. The van der Waals surface area contributed by atoms with Gasteiger partial charge in [0.1, 0.15) is 5.75 Å². The first-order valence-corrected chi connectivity index (χ1v) is 6.63. The minimum Gasteiger partial charge on any atom is -0.478 e. The molecular weight excluding hydrogens is 342 g/mol. The fourth-order valence-electron chi connectivity index (χ4n) is 1.74. The zero-order valence-electron chi connectivity index (χ0n) is 10.9. The molecule has 2 aromatic rings. The molecule has 2 aromatic carbocycles. The Hall–Kier alpha value is -2.41. The number of carboxylic acids is 1. The maximum Gasteiger partial charge on any atom is 0.335 e. The van der Waals surface area contributed by atoms with E-state index in [4.69, 9.17) is 9.84 Å². The highest BCUT2D eigenvalue weighted by atomic mass is 79.9. The SMILES string of the molecule is Cc1cc(C(=O)O)ccc1Oc1cc(Br)ccc1[N+](=O)[O-]. The van der Waals surface area contributed by atoms with Gasteiger partial charge in [0.25, 0.3) is 0 Å². The van der Waals surface area contributed by atoms with E-state index in [0.717, 1.165) is 0 Å². The number of hydrogen-bond donors (Lipinski definition) is 1. The van der Waals surface area contributed by atoms with Crippen molar-refractivity contribution in [3.05, 3.63) is 62.1 Å². The molecule has 0 bridgehead atoms. The molecule has 0 amide bonds. The maximum absolute atomic E-state index is 11.0. The van der Waals surface area contributed by atoms with Crippen LogP contribution in [-0.2, 0) is 0 Å². The van der Waals surface area contributed by atoms with Gasteiger partial charge in [0.2, 0.25) is 5.75 Å². The lowest BCUT2D eigenvalue weighted by atomic mass is 10.1. The van der Waals surface area contributed by atoms with Crippen molar-refractivity contribution < 1.29 is 19.6 Å². The standard InChI is InChI=1S/C14H10BrNO5/c1-8-6-9(14(17)18)2-5-12(8)21-13-7-10(15)3-4-11(13)16(19)20/h2-7H,1H3,(H,17,18). The van der Waals surface area contributed by atoms with Gasteiger partial charge in [-0.3, -0.25) is 10.1 Å². The topological polar surface area (TPSA) is 89.7 Å². The molecule has 108 valence electrons. The molecule has 0 aliphatic heterocycles. The summed E-state index contributed by atoms with van der Waals surface area (Å²) in [4.78, 5) is 21.3. The molecule has 0 aromatic heterocycles. The van der Waals surface area contributed by atoms with E-state index < -0.39 is 10.9 Å². The number of aromatic carboxylic acids is 1. The van der Waals surface area contributed by atoms with Crippen molar-refractivity contribution in [2.24, 2.45) is 0 Å². The molecule has 0 aliphatic carbocycles. The number of carboxylic acid groups (broad SMARTS) is 1. The molecule has 0 saturated carbocycles. The Labute approximate surface area is 128 Å². The zero-order chi connectivity index (χ0) is 15.6. The van der Waals surface area contributed by atoms with Gasteiger partial charge in [-0.25, -0.2) is 4.79 Å². The Balaban J connectivity index is 2.40. The summed E-state index contributed by atoms with van der Waals surface area (Å²) in [6.07, 6.45) is 0. The average molecular weight is 352 g/mol. The summed E-state index contributed by atoms with van der Waals surface area (Å²) in [5.41, 5.74) is 0.535. The monoisotopic (exact) mass is 351 g/mol. The molecular formula is C14H10BrNO5. The van der Waals surface area contributed by atoms with E-state index >= 15 is 0 Å².